The monoisotopic (exact) mass is 388 g/mol. The Kier molecular flexibility index (Phi) is 6.29. The molecule has 0 unspecified atom stereocenters. The predicted octanol–water partition coefficient (Wildman–Crippen LogP) is 4.85. The molecule has 0 aliphatic rings. The van der Waals surface area contributed by atoms with Crippen molar-refractivity contribution in [3.8, 4) is 11.5 Å². The SMILES string of the molecule is Cc1ccc(Oc2ccccc2NC(=O)[C@H](C)NC(=O)c2cccc(C)c2)cc1. The fraction of sp³-hybridized carbons (Fsp3) is 0.167. The number of benzene rings is 3. The second kappa shape index (κ2) is 9.06. The quantitative estimate of drug-likeness (QED) is 0.634. The lowest BCUT2D eigenvalue weighted by Crippen LogP contribution is -2.41. The maximum atomic E-state index is 12.6. The number of para-hydroxylation sites is 2. The lowest BCUT2D eigenvalue weighted by atomic mass is 10.1. The fourth-order valence-corrected chi connectivity index (χ4v) is 2.76. The zero-order valence-corrected chi connectivity index (χ0v) is 16.7. The van der Waals surface area contributed by atoms with Gasteiger partial charge in [-0.15, -0.1) is 0 Å². The van der Waals surface area contributed by atoms with Gasteiger partial charge in [-0.3, -0.25) is 9.59 Å². The molecule has 3 aromatic rings. The minimum Gasteiger partial charge on any atom is -0.455 e. The summed E-state index contributed by atoms with van der Waals surface area (Å²) in [6.45, 7) is 5.56. The molecule has 1 atom stereocenters. The first-order valence-corrected chi connectivity index (χ1v) is 9.44. The normalized spacial score (nSPS) is 11.4. The lowest BCUT2D eigenvalue weighted by molar-refractivity contribution is -0.117. The van der Waals surface area contributed by atoms with Gasteiger partial charge in [0.05, 0.1) is 5.69 Å². The molecule has 148 valence electrons. The molecule has 0 fully saturated rings. The van der Waals surface area contributed by atoms with Crippen molar-refractivity contribution in [3.63, 3.8) is 0 Å². The number of nitrogens with one attached hydrogen (secondary N) is 2. The van der Waals surface area contributed by atoms with E-state index in [1.165, 1.54) is 0 Å². The van der Waals surface area contributed by atoms with Crippen LogP contribution in [0.25, 0.3) is 0 Å². The third kappa shape index (κ3) is 5.45. The molecule has 0 spiro atoms. The third-order valence-electron chi connectivity index (χ3n) is 4.41. The molecule has 3 rings (SSSR count). The minimum absolute atomic E-state index is 0.291. The number of hydrogen-bond donors (Lipinski definition) is 2. The maximum Gasteiger partial charge on any atom is 0.251 e. The van der Waals surface area contributed by atoms with Crippen molar-refractivity contribution in [1.82, 2.24) is 5.32 Å². The number of amides is 2. The van der Waals surface area contributed by atoms with E-state index < -0.39 is 6.04 Å². The number of hydrogen-bond acceptors (Lipinski definition) is 3. The molecule has 0 aliphatic carbocycles. The minimum atomic E-state index is -0.713. The number of carbonyl (C=O) groups excluding carboxylic acids is 2. The number of carbonyl (C=O) groups is 2. The molecule has 0 aromatic heterocycles. The summed E-state index contributed by atoms with van der Waals surface area (Å²) < 4.78 is 5.91. The highest BCUT2D eigenvalue weighted by Gasteiger charge is 2.18. The van der Waals surface area contributed by atoms with E-state index in [4.69, 9.17) is 4.74 Å². The van der Waals surface area contributed by atoms with Crippen LogP contribution in [-0.4, -0.2) is 17.9 Å². The summed E-state index contributed by atoms with van der Waals surface area (Å²) in [5.41, 5.74) is 3.18. The van der Waals surface area contributed by atoms with Crippen LogP contribution in [0.3, 0.4) is 0 Å². The van der Waals surface area contributed by atoms with E-state index in [0.717, 1.165) is 11.1 Å². The van der Waals surface area contributed by atoms with Crippen LogP contribution in [0.2, 0.25) is 0 Å². The predicted molar refractivity (Wildman–Crippen MR) is 114 cm³/mol. The molecule has 0 saturated carbocycles. The van der Waals surface area contributed by atoms with Crippen LogP contribution in [0.15, 0.2) is 72.8 Å². The van der Waals surface area contributed by atoms with Crippen LogP contribution < -0.4 is 15.4 Å². The van der Waals surface area contributed by atoms with E-state index in [1.807, 2.05) is 62.4 Å². The van der Waals surface area contributed by atoms with Gasteiger partial charge in [-0.1, -0.05) is 47.5 Å². The van der Waals surface area contributed by atoms with Crippen molar-refractivity contribution in [2.75, 3.05) is 5.32 Å². The Morgan fingerprint density at radius 2 is 1.59 bits per heavy atom. The van der Waals surface area contributed by atoms with Crippen molar-refractivity contribution in [2.45, 2.75) is 26.8 Å². The first-order chi connectivity index (χ1) is 13.9. The molecule has 0 heterocycles. The van der Waals surface area contributed by atoms with E-state index in [9.17, 15) is 9.59 Å². The molecular formula is C24H24N2O3. The molecule has 0 aliphatic heterocycles. The van der Waals surface area contributed by atoms with E-state index in [1.54, 1.807) is 31.2 Å². The second-order valence-electron chi connectivity index (χ2n) is 6.97. The number of aryl methyl sites for hydroxylation is 2. The van der Waals surface area contributed by atoms with Gasteiger partial charge in [0.15, 0.2) is 5.75 Å². The summed E-state index contributed by atoms with van der Waals surface area (Å²) in [4.78, 5) is 25.0. The molecule has 2 amide bonds. The van der Waals surface area contributed by atoms with Crippen molar-refractivity contribution in [3.05, 3.63) is 89.5 Å². The molecule has 0 radical (unpaired) electrons. The Morgan fingerprint density at radius 1 is 0.862 bits per heavy atom. The third-order valence-corrected chi connectivity index (χ3v) is 4.41. The molecule has 0 bridgehead atoms. The molecule has 2 N–H and O–H groups in total. The zero-order chi connectivity index (χ0) is 20.8. The van der Waals surface area contributed by atoms with Crippen molar-refractivity contribution < 1.29 is 14.3 Å². The molecule has 29 heavy (non-hydrogen) atoms. The van der Waals surface area contributed by atoms with Gasteiger partial charge in [-0.05, 0) is 57.2 Å². The van der Waals surface area contributed by atoms with Crippen molar-refractivity contribution in [1.29, 1.82) is 0 Å². The van der Waals surface area contributed by atoms with Crippen LogP contribution >= 0.6 is 0 Å². The Bertz CT molecular complexity index is 1010. The summed E-state index contributed by atoms with van der Waals surface area (Å²) >= 11 is 0. The summed E-state index contributed by atoms with van der Waals surface area (Å²) in [5.74, 6) is 0.589. The van der Waals surface area contributed by atoms with Crippen LogP contribution in [0.5, 0.6) is 11.5 Å². The Morgan fingerprint density at radius 3 is 2.31 bits per heavy atom. The van der Waals surface area contributed by atoms with Gasteiger partial charge in [0.25, 0.3) is 5.91 Å². The summed E-state index contributed by atoms with van der Waals surface area (Å²) in [6.07, 6.45) is 0. The number of ether oxygens (including phenoxy) is 1. The zero-order valence-electron chi connectivity index (χ0n) is 16.7. The Labute approximate surface area is 170 Å². The topological polar surface area (TPSA) is 67.4 Å². The standard InChI is InChI=1S/C24H24N2O3/c1-16-11-13-20(14-12-16)29-22-10-5-4-9-21(22)26-23(27)18(3)25-24(28)19-8-6-7-17(2)15-19/h4-15,18H,1-3H3,(H,25,28)(H,26,27)/t18-/m0/s1. The Balaban J connectivity index is 1.67. The highest BCUT2D eigenvalue weighted by molar-refractivity contribution is 6.01. The van der Waals surface area contributed by atoms with Gasteiger partial charge in [-0.25, -0.2) is 0 Å². The van der Waals surface area contributed by atoms with Gasteiger partial charge in [0, 0.05) is 5.56 Å². The van der Waals surface area contributed by atoms with Crippen LogP contribution in [0.1, 0.15) is 28.4 Å². The van der Waals surface area contributed by atoms with Crippen LogP contribution in [0, 0.1) is 13.8 Å². The van der Waals surface area contributed by atoms with Crippen LogP contribution in [-0.2, 0) is 4.79 Å². The molecule has 5 heteroatoms. The first-order valence-electron chi connectivity index (χ1n) is 9.44. The Hall–Kier alpha value is -3.60. The largest absolute Gasteiger partial charge is 0.455 e. The van der Waals surface area contributed by atoms with Gasteiger partial charge in [-0.2, -0.15) is 0 Å². The highest BCUT2D eigenvalue weighted by Crippen LogP contribution is 2.29. The molecule has 0 saturated heterocycles. The van der Waals surface area contributed by atoms with Gasteiger partial charge >= 0.3 is 0 Å². The van der Waals surface area contributed by atoms with Gasteiger partial charge < -0.3 is 15.4 Å². The average molecular weight is 388 g/mol. The summed E-state index contributed by atoms with van der Waals surface area (Å²) in [5, 5.41) is 5.56. The van der Waals surface area contributed by atoms with Gasteiger partial charge in [0.1, 0.15) is 11.8 Å². The summed E-state index contributed by atoms with van der Waals surface area (Å²) in [6, 6.07) is 21.4. The van der Waals surface area contributed by atoms with Crippen molar-refractivity contribution in [2.24, 2.45) is 0 Å². The highest BCUT2D eigenvalue weighted by atomic mass is 16.5. The molecular weight excluding hydrogens is 364 g/mol. The molecule has 3 aromatic carbocycles. The van der Waals surface area contributed by atoms with E-state index in [0.29, 0.717) is 22.7 Å². The fourth-order valence-electron chi connectivity index (χ4n) is 2.76. The number of anilines is 1. The maximum absolute atomic E-state index is 12.6. The first kappa shape index (κ1) is 20.1. The van der Waals surface area contributed by atoms with Crippen LogP contribution in [0.4, 0.5) is 5.69 Å². The lowest BCUT2D eigenvalue weighted by Gasteiger charge is -2.16. The average Bonchev–Trinajstić information content (AvgIpc) is 2.71. The van der Waals surface area contributed by atoms with E-state index in [-0.39, 0.29) is 11.8 Å². The second-order valence-corrected chi connectivity index (χ2v) is 6.97. The van der Waals surface area contributed by atoms with Gasteiger partial charge in [0.2, 0.25) is 5.91 Å². The van der Waals surface area contributed by atoms with Crippen molar-refractivity contribution >= 4 is 17.5 Å². The summed E-state index contributed by atoms with van der Waals surface area (Å²) in [7, 11) is 0. The smallest absolute Gasteiger partial charge is 0.251 e. The molecule has 5 nitrogen and oxygen atoms in total. The number of rotatable bonds is 6. The van der Waals surface area contributed by atoms with E-state index >= 15 is 0 Å². The van der Waals surface area contributed by atoms with E-state index in [2.05, 4.69) is 10.6 Å².